The van der Waals surface area contributed by atoms with Crippen molar-refractivity contribution in [3.63, 3.8) is 0 Å². The second kappa shape index (κ2) is 6.98. The number of nitrogens with zero attached hydrogens (tertiary/aromatic N) is 2. The maximum absolute atomic E-state index is 10.7. The third-order valence-electron chi connectivity index (χ3n) is 2.48. The summed E-state index contributed by atoms with van der Waals surface area (Å²) in [5, 5.41) is 15.9. The molecule has 0 fully saturated rings. The van der Waals surface area contributed by atoms with E-state index in [-0.39, 0.29) is 17.7 Å². The highest BCUT2D eigenvalue weighted by Crippen LogP contribution is 2.23. The van der Waals surface area contributed by atoms with Crippen LogP contribution in [0.1, 0.15) is 12.8 Å². The molecule has 0 radical (unpaired) electrons. The molecule has 0 aliphatic heterocycles. The molecule has 0 spiro atoms. The van der Waals surface area contributed by atoms with E-state index in [0.29, 0.717) is 11.5 Å². The highest BCUT2D eigenvalue weighted by molar-refractivity contribution is 8.00. The van der Waals surface area contributed by atoms with Crippen LogP contribution in [-0.2, 0) is 11.4 Å². The van der Waals surface area contributed by atoms with Crippen LogP contribution in [0.2, 0.25) is 0 Å². The molecule has 0 aliphatic carbocycles. The number of rotatable bonds is 7. The van der Waals surface area contributed by atoms with Gasteiger partial charge in [-0.2, -0.15) is 0 Å². The fraction of sp³-hybridized carbons (Fsp3) is 0.308. The van der Waals surface area contributed by atoms with Crippen molar-refractivity contribution in [3.05, 3.63) is 30.2 Å². The Balaban J connectivity index is 1.91. The van der Waals surface area contributed by atoms with Gasteiger partial charge in [0.2, 0.25) is 0 Å². The first kappa shape index (κ1) is 15.2. The van der Waals surface area contributed by atoms with E-state index in [0.717, 1.165) is 11.8 Å². The third-order valence-corrected chi connectivity index (χ3v) is 3.40. The predicted octanol–water partition coefficient (Wildman–Crippen LogP) is 2.22. The molecule has 1 N–H and O–H groups in total. The number of ether oxygens (including phenoxy) is 2. The summed E-state index contributed by atoms with van der Waals surface area (Å²) in [6, 6.07) is 7.12. The van der Waals surface area contributed by atoms with Crippen LogP contribution in [0.15, 0.2) is 33.9 Å². The molecular weight excluding hydrogens is 296 g/mol. The summed E-state index contributed by atoms with van der Waals surface area (Å²) in [5.74, 6) is 0.635. The second-order valence-electron chi connectivity index (χ2n) is 4.03. The number of carbonyl (C=O) groups is 1. The highest BCUT2D eigenvalue weighted by atomic mass is 32.2. The minimum absolute atomic E-state index is 0.0994. The smallest absolute Gasteiger partial charge is 0.316 e. The van der Waals surface area contributed by atoms with Crippen LogP contribution in [0.4, 0.5) is 0 Å². The van der Waals surface area contributed by atoms with Crippen molar-refractivity contribution in [1.82, 2.24) is 10.2 Å². The molecular formula is C13H14N2O5S. The SMILES string of the molecule is COc1cccc(OCc2nnc(S[C@@H](C)C(=O)O)o2)c1. The first-order chi connectivity index (χ1) is 10.1. The molecule has 7 nitrogen and oxygen atoms in total. The first-order valence-electron chi connectivity index (χ1n) is 6.07. The molecule has 112 valence electrons. The zero-order valence-electron chi connectivity index (χ0n) is 11.5. The van der Waals surface area contributed by atoms with Gasteiger partial charge in [-0.25, -0.2) is 0 Å². The van der Waals surface area contributed by atoms with Crippen LogP contribution in [0.25, 0.3) is 0 Å². The van der Waals surface area contributed by atoms with E-state index in [1.807, 2.05) is 6.07 Å². The van der Waals surface area contributed by atoms with Crippen LogP contribution >= 0.6 is 11.8 Å². The lowest BCUT2D eigenvalue weighted by atomic mass is 10.3. The van der Waals surface area contributed by atoms with Crippen molar-refractivity contribution in [3.8, 4) is 11.5 Å². The quantitative estimate of drug-likeness (QED) is 0.778. The van der Waals surface area contributed by atoms with Crippen LogP contribution in [0, 0.1) is 0 Å². The lowest BCUT2D eigenvalue weighted by Crippen LogP contribution is -2.10. The van der Waals surface area contributed by atoms with Gasteiger partial charge in [-0.15, -0.1) is 10.2 Å². The van der Waals surface area contributed by atoms with Crippen molar-refractivity contribution in [1.29, 1.82) is 0 Å². The van der Waals surface area contributed by atoms with Gasteiger partial charge in [-0.3, -0.25) is 4.79 Å². The van der Waals surface area contributed by atoms with Crippen molar-refractivity contribution in [2.24, 2.45) is 0 Å². The van der Waals surface area contributed by atoms with Gasteiger partial charge in [-0.1, -0.05) is 17.8 Å². The normalized spacial score (nSPS) is 11.9. The Labute approximate surface area is 125 Å². The first-order valence-corrected chi connectivity index (χ1v) is 6.95. The van der Waals surface area contributed by atoms with Gasteiger partial charge < -0.3 is 19.0 Å². The average Bonchev–Trinajstić information content (AvgIpc) is 2.92. The lowest BCUT2D eigenvalue weighted by molar-refractivity contribution is -0.136. The van der Waals surface area contributed by atoms with E-state index in [1.54, 1.807) is 32.2 Å². The van der Waals surface area contributed by atoms with Crippen molar-refractivity contribution in [2.75, 3.05) is 7.11 Å². The van der Waals surface area contributed by atoms with Crippen molar-refractivity contribution in [2.45, 2.75) is 24.0 Å². The Hall–Kier alpha value is -2.22. The minimum atomic E-state index is -0.938. The molecule has 2 aromatic rings. The number of hydrogen-bond acceptors (Lipinski definition) is 7. The number of methoxy groups -OCH3 is 1. The molecule has 21 heavy (non-hydrogen) atoms. The lowest BCUT2D eigenvalue weighted by Gasteiger charge is -2.05. The van der Waals surface area contributed by atoms with E-state index < -0.39 is 11.2 Å². The average molecular weight is 310 g/mol. The summed E-state index contributed by atoms with van der Waals surface area (Å²) in [6.07, 6.45) is 0. The summed E-state index contributed by atoms with van der Waals surface area (Å²) in [6.45, 7) is 1.64. The summed E-state index contributed by atoms with van der Waals surface area (Å²) in [4.78, 5) is 10.7. The largest absolute Gasteiger partial charge is 0.497 e. The molecule has 1 aromatic heterocycles. The molecule has 1 heterocycles. The molecule has 0 unspecified atom stereocenters. The van der Waals surface area contributed by atoms with E-state index in [2.05, 4.69) is 10.2 Å². The van der Waals surface area contributed by atoms with Gasteiger partial charge in [0.1, 0.15) is 16.7 Å². The topological polar surface area (TPSA) is 94.7 Å². The van der Waals surface area contributed by atoms with E-state index in [1.165, 1.54) is 0 Å². The van der Waals surface area contributed by atoms with Gasteiger partial charge in [-0.05, 0) is 19.1 Å². The summed E-state index contributed by atoms with van der Waals surface area (Å²) in [7, 11) is 1.57. The Morgan fingerprint density at radius 3 is 2.90 bits per heavy atom. The molecule has 2 rings (SSSR count). The molecule has 0 saturated heterocycles. The molecule has 1 aromatic carbocycles. The maximum atomic E-state index is 10.7. The van der Waals surface area contributed by atoms with Crippen molar-refractivity contribution >= 4 is 17.7 Å². The van der Waals surface area contributed by atoms with E-state index in [4.69, 9.17) is 19.0 Å². The summed E-state index contributed by atoms with van der Waals surface area (Å²) >= 11 is 0.985. The van der Waals surface area contributed by atoms with E-state index >= 15 is 0 Å². The Morgan fingerprint density at radius 2 is 2.19 bits per heavy atom. The van der Waals surface area contributed by atoms with Crippen LogP contribution in [-0.4, -0.2) is 33.6 Å². The number of aliphatic carboxylic acids is 1. The molecule has 0 bridgehead atoms. The molecule has 0 saturated carbocycles. The molecule has 8 heteroatoms. The zero-order valence-corrected chi connectivity index (χ0v) is 12.3. The second-order valence-corrected chi connectivity index (χ2v) is 5.32. The Morgan fingerprint density at radius 1 is 1.43 bits per heavy atom. The number of carboxylic acids is 1. The monoisotopic (exact) mass is 310 g/mol. The van der Waals surface area contributed by atoms with Crippen LogP contribution < -0.4 is 9.47 Å². The van der Waals surface area contributed by atoms with Gasteiger partial charge >= 0.3 is 5.97 Å². The summed E-state index contributed by atoms with van der Waals surface area (Å²) < 4.78 is 15.9. The number of carboxylic acid groups (broad SMARTS) is 1. The van der Waals surface area contributed by atoms with Gasteiger partial charge in [0.05, 0.1) is 7.11 Å². The van der Waals surface area contributed by atoms with Crippen molar-refractivity contribution < 1.29 is 23.8 Å². The fourth-order valence-corrected chi connectivity index (χ4v) is 2.02. The maximum Gasteiger partial charge on any atom is 0.316 e. The molecule has 0 amide bonds. The fourth-order valence-electron chi connectivity index (χ4n) is 1.38. The van der Waals surface area contributed by atoms with Gasteiger partial charge in [0.25, 0.3) is 11.1 Å². The number of hydrogen-bond donors (Lipinski definition) is 1. The number of thioether (sulfide) groups is 1. The highest BCUT2D eigenvalue weighted by Gasteiger charge is 2.17. The predicted molar refractivity (Wildman–Crippen MR) is 74.6 cm³/mol. The molecule has 1 atom stereocenters. The minimum Gasteiger partial charge on any atom is -0.497 e. The number of benzene rings is 1. The van der Waals surface area contributed by atoms with Gasteiger partial charge in [0, 0.05) is 6.07 Å². The Bertz CT molecular complexity index is 616. The van der Waals surface area contributed by atoms with Crippen LogP contribution in [0.3, 0.4) is 0 Å². The van der Waals surface area contributed by atoms with Gasteiger partial charge in [0.15, 0.2) is 6.61 Å². The Kier molecular flexibility index (Phi) is 5.04. The van der Waals surface area contributed by atoms with E-state index in [9.17, 15) is 4.79 Å². The van der Waals surface area contributed by atoms with Crippen LogP contribution in [0.5, 0.6) is 11.5 Å². The standard InChI is InChI=1S/C13H14N2O5S/c1-8(12(16)17)21-13-15-14-11(20-13)7-19-10-5-3-4-9(6-10)18-2/h3-6,8H,7H2,1-2H3,(H,16,17)/t8-/m0/s1. The third kappa shape index (κ3) is 4.38. The summed E-state index contributed by atoms with van der Waals surface area (Å²) in [5.41, 5.74) is 0. The number of aromatic nitrogens is 2. The zero-order chi connectivity index (χ0) is 15.2. The molecule has 0 aliphatic rings.